The number of rotatable bonds is 5. The van der Waals surface area contributed by atoms with Crippen LogP contribution in [-0.2, 0) is 0 Å². The van der Waals surface area contributed by atoms with Gasteiger partial charge in [0.1, 0.15) is 5.82 Å². The van der Waals surface area contributed by atoms with Crippen molar-refractivity contribution in [2.24, 2.45) is 0 Å². The maximum Gasteiger partial charge on any atom is 0.322 e. The Morgan fingerprint density at radius 1 is 1.25 bits per heavy atom. The predicted molar refractivity (Wildman–Crippen MR) is 77.9 cm³/mol. The number of methoxy groups -OCH3 is 1. The standard InChI is InChI=1S/C12H13BrFN5O/c1-3-15-10-17-11(19-12(18-10)20-2)16-9-6-7(14)4-5-8(9)13/h4-6H,3H2,1-2H3,(H2,15,16,17,18,19). The van der Waals surface area contributed by atoms with Crippen LogP contribution in [0.2, 0.25) is 0 Å². The molecule has 1 aromatic heterocycles. The Bertz CT molecular complexity index is 610. The fraction of sp³-hybridized carbons (Fsp3) is 0.250. The van der Waals surface area contributed by atoms with Crippen molar-refractivity contribution in [3.63, 3.8) is 0 Å². The largest absolute Gasteiger partial charge is 0.467 e. The zero-order valence-electron chi connectivity index (χ0n) is 10.9. The number of halogens is 2. The fourth-order valence-corrected chi connectivity index (χ4v) is 1.80. The topological polar surface area (TPSA) is 72.0 Å². The van der Waals surface area contributed by atoms with Crippen LogP contribution >= 0.6 is 15.9 Å². The quantitative estimate of drug-likeness (QED) is 0.871. The zero-order chi connectivity index (χ0) is 14.5. The summed E-state index contributed by atoms with van der Waals surface area (Å²) in [6.07, 6.45) is 0. The number of nitrogens with zero attached hydrogens (tertiary/aromatic N) is 3. The lowest BCUT2D eigenvalue weighted by atomic mass is 10.3. The third-order valence-corrected chi connectivity index (χ3v) is 3.00. The molecule has 2 rings (SSSR count). The van der Waals surface area contributed by atoms with Gasteiger partial charge in [-0.05, 0) is 41.1 Å². The molecule has 0 amide bonds. The van der Waals surface area contributed by atoms with E-state index in [9.17, 15) is 4.39 Å². The Morgan fingerprint density at radius 2 is 2.00 bits per heavy atom. The lowest BCUT2D eigenvalue weighted by molar-refractivity contribution is 0.379. The van der Waals surface area contributed by atoms with Crippen molar-refractivity contribution in [3.8, 4) is 6.01 Å². The van der Waals surface area contributed by atoms with Gasteiger partial charge in [0.2, 0.25) is 11.9 Å². The Hall–Kier alpha value is -1.96. The van der Waals surface area contributed by atoms with E-state index < -0.39 is 0 Å². The van der Waals surface area contributed by atoms with Gasteiger partial charge in [-0.3, -0.25) is 0 Å². The van der Waals surface area contributed by atoms with Gasteiger partial charge in [0, 0.05) is 11.0 Å². The van der Waals surface area contributed by atoms with Crippen LogP contribution in [0.3, 0.4) is 0 Å². The van der Waals surface area contributed by atoms with Gasteiger partial charge in [-0.1, -0.05) is 0 Å². The van der Waals surface area contributed by atoms with Crippen molar-refractivity contribution in [1.29, 1.82) is 0 Å². The molecule has 8 heteroatoms. The highest BCUT2D eigenvalue weighted by Gasteiger charge is 2.09. The second-order valence-electron chi connectivity index (χ2n) is 3.75. The summed E-state index contributed by atoms with van der Waals surface area (Å²) in [4.78, 5) is 12.3. The molecule has 1 aromatic carbocycles. The average Bonchev–Trinajstić information content (AvgIpc) is 2.43. The van der Waals surface area contributed by atoms with E-state index in [2.05, 4.69) is 41.5 Å². The smallest absolute Gasteiger partial charge is 0.322 e. The van der Waals surface area contributed by atoms with E-state index in [0.717, 1.165) is 0 Å². The highest BCUT2D eigenvalue weighted by molar-refractivity contribution is 9.10. The first-order valence-electron chi connectivity index (χ1n) is 5.88. The highest BCUT2D eigenvalue weighted by Crippen LogP contribution is 2.26. The summed E-state index contributed by atoms with van der Waals surface area (Å²) in [5, 5.41) is 5.88. The zero-order valence-corrected chi connectivity index (χ0v) is 12.5. The van der Waals surface area contributed by atoms with Gasteiger partial charge in [0.15, 0.2) is 0 Å². The Labute approximate surface area is 123 Å². The van der Waals surface area contributed by atoms with Crippen LogP contribution in [0.5, 0.6) is 6.01 Å². The first-order valence-corrected chi connectivity index (χ1v) is 6.67. The first kappa shape index (κ1) is 14.4. The molecule has 0 aliphatic heterocycles. The van der Waals surface area contributed by atoms with E-state index in [1.165, 1.54) is 19.2 Å². The normalized spacial score (nSPS) is 10.2. The van der Waals surface area contributed by atoms with Crippen LogP contribution < -0.4 is 15.4 Å². The lowest BCUT2D eigenvalue weighted by Gasteiger charge is -2.09. The summed E-state index contributed by atoms with van der Waals surface area (Å²) in [7, 11) is 1.47. The van der Waals surface area contributed by atoms with Crippen LogP contribution in [0.25, 0.3) is 0 Å². The molecule has 20 heavy (non-hydrogen) atoms. The molecule has 0 saturated heterocycles. The van der Waals surface area contributed by atoms with Gasteiger partial charge < -0.3 is 15.4 Å². The molecule has 6 nitrogen and oxygen atoms in total. The Morgan fingerprint density at radius 3 is 2.70 bits per heavy atom. The number of hydrogen-bond donors (Lipinski definition) is 2. The average molecular weight is 342 g/mol. The molecule has 0 aliphatic carbocycles. The minimum Gasteiger partial charge on any atom is -0.467 e. The van der Waals surface area contributed by atoms with E-state index in [-0.39, 0.29) is 17.8 Å². The molecular formula is C12H13BrFN5O. The maximum absolute atomic E-state index is 13.2. The van der Waals surface area contributed by atoms with Crippen LogP contribution in [-0.4, -0.2) is 28.6 Å². The van der Waals surface area contributed by atoms with Crippen molar-refractivity contribution in [1.82, 2.24) is 15.0 Å². The van der Waals surface area contributed by atoms with Gasteiger partial charge in [-0.25, -0.2) is 4.39 Å². The van der Waals surface area contributed by atoms with E-state index in [1.54, 1.807) is 6.07 Å². The lowest BCUT2D eigenvalue weighted by Crippen LogP contribution is -2.08. The minimum atomic E-state index is -0.358. The minimum absolute atomic E-state index is 0.172. The first-order chi connectivity index (χ1) is 9.62. The second-order valence-corrected chi connectivity index (χ2v) is 4.60. The van der Waals surface area contributed by atoms with Crippen molar-refractivity contribution in [3.05, 3.63) is 28.5 Å². The number of ether oxygens (including phenoxy) is 1. The summed E-state index contributed by atoms with van der Waals surface area (Å²) < 4.78 is 18.9. The Kier molecular flexibility index (Phi) is 4.67. The van der Waals surface area contributed by atoms with Crippen LogP contribution in [0.15, 0.2) is 22.7 Å². The molecule has 0 atom stereocenters. The molecule has 0 bridgehead atoms. The molecular weight excluding hydrogens is 329 g/mol. The molecule has 2 aromatic rings. The van der Waals surface area contributed by atoms with Crippen LogP contribution in [0.4, 0.5) is 22.0 Å². The van der Waals surface area contributed by atoms with E-state index in [1.807, 2.05) is 6.92 Å². The third-order valence-electron chi connectivity index (χ3n) is 2.31. The van der Waals surface area contributed by atoms with E-state index in [0.29, 0.717) is 22.7 Å². The molecule has 0 radical (unpaired) electrons. The molecule has 2 N–H and O–H groups in total. The predicted octanol–water partition coefficient (Wildman–Crippen LogP) is 2.96. The second kappa shape index (κ2) is 6.47. The maximum atomic E-state index is 13.2. The summed E-state index contributed by atoms with van der Waals surface area (Å²) in [5.41, 5.74) is 0.515. The molecule has 0 aliphatic rings. The van der Waals surface area contributed by atoms with Crippen molar-refractivity contribution in [2.75, 3.05) is 24.3 Å². The van der Waals surface area contributed by atoms with E-state index >= 15 is 0 Å². The van der Waals surface area contributed by atoms with Crippen molar-refractivity contribution < 1.29 is 9.13 Å². The highest BCUT2D eigenvalue weighted by atomic mass is 79.9. The number of anilines is 3. The van der Waals surface area contributed by atoms with Gasteiger partial charge in [-0.2, -0.15) is 15.0 Å². The summed E-state index contributed by atoms with van der Waals surface area (Å²) in [6, 6.07) is 4.47. The molecule has 0 unspecified atom stereocenters. The van der Waals surface area contributed by atoms with Gasteiger partial charge in [0.05, 0.1) is 12.8 Å². The summed E-state index contributed by atoms with van der Waals surface area (Å²) in [5.74, 6) is 0.289. The van der Waals surface area contributed by atoms with Crippen molar-refractivity contribution in [2.45, 2.75) is 6.92 Å². The third kappa shape index (κ3) is 3.53. The van der Waals surface area contributed by atoms with Crippen LogP contribution in [0, 0.1) is 5.82 Å². The Balaban J connectivity index is 2.32. The fourth-order valence-electron chi connectivity index (χ4n) is 1.45. The number of nitrogens with one attached hydrogen (secondary N) is 2. The van der Waals surface area contributed by atoms with Gasteiger partial charge in [-0.15, -0.1) is 0 Å². The van der Waals surface area contributed by atoms with Gasteiger partial charge in [0.25, 0.3) is 0 Å². The molecule has 106 valence electrons. The van der Waals surface area contributed by atoms with Gasteiger partial charge >= 0.3 is 6.01 Å². The summed E-state index contributed by atoms with van der Waals surface area (Å²) in [6.45, 7) is 2.59. The molecule has 0 fully saturated rings. The molecule has 1 heterocycles. The molecule has 0 saturated carbocycles. The monoisotopic (exact) mass is 341 g/mol. The number of benzene rings is 1. The van der Waals surface area contributed by atoms with Crippen molar-refractivity contribution >= 4 is 33.5 Å². The SMILES string of the molecule is CCNc1nc(Nc2cc(F)ccc2Br)nc(OC)n1. The number of hydrogen-bond acceptors (Lipinski definition) is 6. The summed E-state index contributed by atoms with van der Waals surface area (Å²) >= 11 is 3.33. The molecule has 0 spiro atoms. The van der Waals surface area contributed by atoms with E-state index in [4.69, 9.17) is 4.74 Å². The number of aromatic nitrogens is 3. The van der Waals surface area contributed by atoms with Crippen LogP contribution in [0.1, 0.15) is 6.92 Å².